The monoisotopic (exact) mass is 326 g/mol. The molecule has 0 aliphatic carbocycles. The highest BCUT2D eigenvalue weighted by Gasteiger charge is 2.14. The van der Waals surface area contributed by atoms with Crippen LogP contribution in [0.1, 0.15) is 10.4 Å². The van der Waals surface area contributed by atoms with Crippen molar-refractivity contribution in [3.63, 3.8) is 0 Å². The van der Waals surface area contributed by atoms with Crippen LogP contribution >= 0.6 is 0 Å². The number of fused-ring (bicyclic) bond motifs is 1. The molecule has 4 nitrogen and oxygen atoms in total. The number of phenols is 1. The Hall–Kier alpha value is -2.66. The fourth-order valence-electron chi connectivity index (χ4n) is 2.60. The molecule has 1 N–H and O–H groups in total. The number of carbonyl (C=O) groups excluding carboxylic acids is 1. The molecule has 0 saturated heterocycles. The fraction of sp³-hybridized carbons (Fsp3) is 0.0556. The molecular formula is C18H14O4S. The summed E-state index contributed by atoms with van der Waals surface area (Å²) in [4.78, 5) is 11.4. The minimum absolute atomic E-state index is 0.0707. The first kappa shape index (κ1) is 15.2. The van der Waals surface area contributed by atoms with Crippen molar-refractivity contribution in [3.05, 3.63) is 60.2 Å². The van der Waals surface area contributed by atoms with Crippen LogP contribution in [-0.4, -0.2) is 26.1 Å². The number of aldehydes is 1. The summed E-state index contributed by atoms with van der Waals surface area (Å²) in [5, 5.41) is 11.5. The molecule has 0 radical (unpaired) electrons. The van der Waals surface area contributed by atoms with E-state index in [1.54, 1.807) is 36.4 Å². The SMILES string of the molecule is CS(=O)(=O)c1cccc(-c2cc(C=O)c(O)c3ccccc23)c1. The first-order valence-electron chi connectivity index (χ1n) is 6.92. The third-order valence-corrected chi connectivity index (χ3v) is 4.86. The lowest BCUT2D eigenvalue weighted by Gasteiger charge is -2.11. The molecule has 3 aromatic carbocycles. The summed E-state index contributed by atoms with van der Waals surface area (Å²) < 4.78 is 23.5. The van der Waals surface area contributed by atoms with E-state index in [-0.39, 0.29) is 16.2 Å². The van der Waals surface area contributed by atoms with Crippen LogP contribution in [0, 0.1) is 0 Å². The van der Waals surface area contributed by atoms with Crippen molar-refractivity contribution in [2.75, 3.05) is 6.26 Å². The van der Waals surface area contributed by atoms with E-state index in [2.05, 4.69) is 0 Å². The molecule has 0 spiro atoms. The zero-order valence-electron chi connectivity index (χ0n) is 12.4. The van der Waals surface area contributed by atoms with Gasteiger partial charge in [-0.25, -0.2) is 8.42 Å². The lowest BCUT2D eigenvalue weighted by molar-refractivity contribution is 0.112. The summed E-state index contributed by atoms with van der Waals surface area (Å²) in [6.45, 7) is 0. The van der Waals surface area contributed by atoms with Gasteiger partial charge in [0.1, 0.15) is 5.75 Å². The van der Waals surface area contributed by atoms with Crippen molar-refractivity contribution < 1.29 is 18.3 Å². The van der Waals surface area contributed by atoms with E-state index in [9.17, 15) is 18.3 Å². The maximum absolute atomic E-state index is 11.8. The van der Waals surface area contributed by atoms with Crippen molar-refractivity contribution in [2.45, 2.75) is 4.90 Å². The Kier molecular flexibility index (Phi) is 3.66. The Labute approximate surface area is 133 Å². The summed E-state index contributed by atoms with van der Waals surface area (Å²) in [5.41, 5.74) is 1.54. The summed E-state index contributed by atoms with van der Waals surface area (Å²) in [6.07, 6.45) is 1.74. The van der Waals surface area contributed by atoms with Crippen LogP contribution < -0.4 is 0 Å². The van der Waals surface area contributed by atoms with Gasteiger partial charge >= 0.3 is 0 Å². The van der Waals surface area contributed by atoms with Gasteiger partial charge in [-0.05, 0) is 34.7 Å². The molecule has 0 unspecified atom stereocenters. The van der Waals surface area contributed by atoms with E-state index < -0.39 is 9.84 Å². The van der Waals surface area contributed by atoms with Crippen LogP contribution in [0.4, 0.5) is 0 Å². The smallest absolute Gasteiger partial charge is 0.175 e. The zero-order chi connectivity index (χ0) is 16.6. The topological polar surface area (TPSA) is 71.4 Å². The normalized spacial score (nSPS) is 11.5. The maximum atomic E-state index is 11.8. The summed E-state index contributed by atoms with van der Waals surface area (Å²) >= 11 is 0. The van der Waals surface area contributed by atoms with Crippen molar-refractivity contribution in [3.8, 4) is 16.9 Å². The minimum Gasteiger partial charge on any atom is -0.507 e. The van der Waals surface area contributed by atoms with Crippen LogP contribution in [0.3, 0.4) is 0 Å². The fourth-order valence-corrected chi connectivity index (χ4v) is 3.27. The average molecular weight is 326 g/mol. The summed E-state index contributed by atoms with van der Waals surface area (Å²) in [7, 11) is -3.33. The molecule has 0 heterocycles. The maximum Gasteiger partial charge on any atom is 0.175 e. The first-order valence-corrected chi connectivity index (χ1v) is 8.81. The first-order chi connectivity index (χ1) is 10.9. The van der Waals surface area contributed by atoms with Gasteiger partial charge in [0.05, 0.1) is 10.5 Å². The zero-order valence-corrected chi connectivity index (χ0v) is 13.2. The lowest BCUT2D eigenvalue weighted by atomic mass is 9.95. The number of benzene rings is 3. The molecule has 0 fully saturated rings. The number of carbonyl (C=O) groups is 1. The highest BCUT2D eigenvalue weighted by molar-refractivity contribution is 7.90. The highest BCUT2D eigenvalue weighted by atomic mass is 32.2. The van der Waals surface area contributed by atoms with E-state index in [0.717, 1.165) is 11.6 Å². The standard InChI is InChI=1S/C18H14O4S/c1-23(21,22)14-6-4-5-12(9-14)17-10-13(11-19)18(20)16-8-3-2-7-15(16)17/h2-11,20H,1H3. The number of sulfone groups is 1. The number of phenolic OH excluding ortho intramolecular Hbond substituents is 1. The van der Waals surface area contributed by atoms with Crippen molar-refractivity contribution in [1.82, 2.24) is 0 Å². The molecule has 0 aliphatic rings. The molecule has 3 aromatic rings. The number of hydrogen-bond donors (Lipinski definition) is 1. The van der Waals surface area contributed by atoms with E-state index in [1.165, 1.54) is 6.07 Å². The van der Waals surface area contributed by atoms with Crippen molar-refractivity contribution >= 4 is 26.9 Å². The Bertz CT molecular complexity index is 1020. The van der Waals surface area contributed by atoms with Gasteiger partial charge in [-0.1, -0.05) is 36.4 Å². The van der Waals surface area contributed by atoms with Gasteiger partial charge in [-0.2, -0.15) is 0 Å². The van der Waals surface area contributed by atoms with Crippen LogP contribution in [0.2, 0.25) is 0 Å². The van der Waals surface area contributed by atoms with Crippen LogP contribution in [-0.2, 0) is 9.84 Å². The Morgan fingerprint density at radius 2 is 1.65 bits per heavy atom. The molecule has 0 atom stereocenters. The van der Waals surface area contributed by atoms with E-state index in [0.29, 0.717) is 22.8 Å². The minimum atomic E-state index is -3.33. The third kappa shape index (κ3) is 2.71. The number of rotatable bonds is 3. The van der Waals surface area contributed by atoms with E-state index in [1.807, 2.05) is 12.1 Å². The molecule has 0 aromatic heterocycles. The highest BCUT2D eigenvalue weighted by Crippen LogP contribution is 2.36. The Balaban J connectivity index is 2.37. The third-order valence-electron chi connectivity index (χ3n) is 3.75. The van der Waals surface area contributed by atoms with Crippen LogP contribution in [0.15, 0.2) is 59.5 Å². The van der Waals surface area contributed by atoms with Crippen LogP contribution in [0.25, 0.3) is 21.9 Å². The van der Waals surface area contributed by atoms with Gasteiger partial charge in [0.25, 0.3) is 0 Å². The van der Waals surface area contributed by atoms with Gasteiger partial charge in [-0.3, -0.25) is 4.79 Å². The van der Waals surface area contributed by atoms with E-state index in [4.69, 9.17) is 0 Å². The van der Waals surface area contributed by atoms with E-state index >= 15 is 0 Å². The lowest BCUT2D eigenvalue weighted by Crippen LogP contribution is -1.97. The predicted octanol–water partition coefficient (Wildman–Crippen LogP) is 3.43. The second kappa shape index (κ2) is 5.52. The quantitative estimate of drug-likeness (QED) is 0.749. The molecule has 5 heteroatoms. The van der Waals surface area contributed by atoms with Crippen molar-refractivity contribution in [2.24, 2.45) is 0 Å². The second-order valence-electron chi connectivity index (χ2n) is 5.33. The summed E-state index contributed by atoms with van der Waals surface area (Å²) in [6, 6.07) is 15.3. The molecule has 0 amide bonds. The second-order valence-corrected chi connectivity index (χ2v) is 7.34. The molecule has 116 valence electrons. The van der Waals surface area contributed by atoms with Gasteiger partial charge in [-0.15, -0.1) is 0 Å². The predicted molar refractivity (Wildman–Crippen MR) is 89.5 cm³/mol. The van der Waals surface area contributed by atoms with Crippen molar-refractivity contribution in [1.29, 1.82) is 0 Å². The van der Waals surface area contributed by atoms with Crippen LogP contribution in [0.5, 0.6) is 5.75 Å². The van der Waals surface area contributed by atoms with Gasteiger partial charge in [0.15, 0.2) is 16.1 Å². The Morgan fingerprint density at radius 3 is 2.30 bits per heavy atom. The number of hydrogen-bond acceptors (Lipinski definition) is 4. The Morgan fingerprint density at radius 1 is 0.957 bits per heavy atom. The average Bonchev–Trinajstić information content (AvgIpc) is 2.55. The molecular weight excluding hydrogens is 312 g/mol. The van der Waals surface area contributed by atoms with Gasteiger partial charge < -0.3 is 5.11 Å². The number of aromatic hydroxyl groups is 1. The molecule has 23 heavy (non-hydrogen) atoms. The molecule has 0 aliphatic heterocycles. The largest absolute Gasteiger partial charge is 0.507 e. The summed E-state index contributed by atoms with van der Waals surface area (Å²) in [5.74, 6) is -0.0707. The van der Waals surface area contributed by atoms with Gasteiger partial charge in [0.2, 0.25) is 0 Å². The molecule has 3 rings (SSSR count). The molecule has 0 saturated carbocycles. The molecule has 0 bridgehead atoms. The van der Waals surface area contributed by atoms with Gasteiger partial charge in [0, 0.05) is 11.6 Å².